The summed E-state index contributed by atoms with van der Waals surface area (Å²) in [4.78, 5) is 0. The first kappa shape index (κ1) is 9.66. The van der Waals surface area contributed by atoms with E-state index in [9.17, 15) is 8.78 Å². The molecule has 0 radical (unpaired) electrons. The van der Waals surface area contributed by atoms with Gasteiger partial charge in [0.15, 0.2) is 0 Å². The van der Waals surface area contributed by atoms with E-state index in [1.165, 1.54) is 12.1 Å². The van der Waals surface area contributed by atoms with E-state index in [-0.39, 0.29) is 5.56 Å². The van der Waals surface area contributed by atoms with Gasteiger partial charge in [0.25, 0.3) is 0 Å². The molecule has 0 saturated carbocycles. The fourth-order valence-electron chi connectivity index (χ4n) is 1.01. The number of hydrogen-bond donors (Lipinski definition) is 0. The Morgan fingerprint density at radius 2 is 1.85 bits per heavy atom. The van der Waals surface area contributed by atoms with Crippen molar-refractivity contribution in [3.63, 3.8) is 0 Å². The van der Waals surface area contributed by atoms with Gasteiger partial charge in [0.2, 0.25) is 0 Å². The normalized spacial score (nSPS) is 10.9. The first-order chi connectivity index (χ1) is 6.10. The van der Waals surface area contributed by atoms with Crippen LogP contribution in [0.2, 0.25) is 0 Å². The third kappa shape index (κ3) is 2.03. The maximum atomic E-state index is 12.8. The number of hydrogen-bond acceptors (Lipinski definition) is 1. The van der Waals surface area contributed by atoms with E-state index >= 15 is 0 Å². The van der Waals surface area contributed by atoms with Gasteiger partial charge in [0, 0.05) is 5.56 Å². The molecule has 3 heteroatoms. The molecule has 13 heavy (non-hydrogen) atoms. The molecule has 0 atom stereocenters. The molecule has 0 amide bonds. The highest BCUT2D eigenvalue weighted by Gasteiger charge is 2.30. The molecule has 68 valence electrons. The first-order valence-corrected chi connectivity index (χ1v) is 3.98. The van der Waals surface area contributed by atoms with Gasteiger partial charge in [0.1, 0.15) is 6.07 Å². The van der Waals surface area contributed by atoms with Crippen LogP contribution in [0.1, 0.15) is 18.1 Å². The van der Waals surface area contributed by atoms with Crippen LogP contribution in [0.3, 0.4) is 0 Å². The van der Waals surface area contributed by atoms with Crippen LogP contribution in [0, 0.1) is 11.3 Å². The summed E-state index contributed by atoms with van der Waals surface area (Å²) in [6.07, 6.45) is 0.804. The Morgan fingerprint density at radius 1 is 1.31 bits per heavy atom. The van der Waals surface area contributed by atoms with Gasteiger partial charge in [-0.2, -0.15) is 14.0 Å². The Hall–Kier alpha value is -1.43. The number of halogens is 2. The fraction of sp³-hybridized carbons (Fsp3) is 0.300. The van der Waals surface area contributed by atoms with Crippen LogP contribution in [-0.2, 0) is 12.3 Å². The van der Waals surface area contributed by atoms with Gasteiger partial charge in [-0.25, -0.2) is 0 Å². The standard InChI is InChI=1S/C10H9F2N/c1-2-8-3-5-9(6-4-8)10(11,12)7-13/h3-6H,2H2,1H3. The largest absolute Gasteiger partial charge is 0.357 e. The molecule has 1 aromatic carbocycles. The highest BCUT2D eigenvalue weighted by atomic mass is 19.3. The Labute approximate surface area is 75.6 Å². The van der Waals surface area contributed by atoms with Gasteiger partial charge in [-0.1, -0.05) is 31.2 Å². The molecule has 0 aromatic heterocycles. The number of nitriles is 1. The number of benzene rings is 1. The van der Waals surface area contributed by atoms with Crippen molar-refractivity contribution in [2.45, 2.75) is 19.3 Å². The molecule has 1 rings (SSSR count). The average Bonchev–Trinajstić information content (AvgIpc) is 2.18. The first-order valence-electron chi connectivity index (χ1n) is 3.98. The van der Waals surface area contributed by atoms with Crippen LogP contribution >= 0.6 is 0 Å². The minimum atomic E-state index is -3.37. The zero-order valence-corrected chi connectivity index (χ0v) is 7.22. The molecule has 0 saturated heterocycles. The quantitative estimate of drug-likeness (QED) is 0.688. The van der Waals surface area contributed by atoms with E-state index in [1.807, 2.05) is 6.92 Å². The van der Waals surface area contributed by atoms with Crippen molar-refractivity contribution in [3.05, 3.63) is 35.4 Å². The molecule has 0 N–H and O–H groups in total. The molecule has 0 heterocycles. The van der Waals surface area contributed by atoms with E-state index in [2.05, 4.69) is 0 Å². The molecule has 0 unspecified atom stereocenters. The summed E-state index contributed by atoms with van der Waals surface area (Å²) in [6, 6.07) is 6.77. The second-order valence-corrected chi connectivity index (χ2v) is 2.74. The van der Waals surface area contributed by atoms with Gasteiger partial charge in [-0.05, 0) is 12.0 Å². The van der Waals surface area contributed by atoms with E-state index in [1.54, 1.807) is 12.1 Å². The summed E-state index contributed by atoms with van der Waals surface area (Å²) >= 11 is 0. The lowest BCUT2D eigenvalue weighted by molar-refractivity contribution is 0.0613. The van der Waals surface area contributed by atoms with Crippen LogP contribution in [0.25, 0.3) is 0 Å². The van der Waals surface area contributed by atoms with Crippen LogP contribution < -0.4 is 0 Å². The van der Waals surface area contributed by atoms with E-state index in [4.69, 9.17) is 5.26 Å². The van der Waals surface area contributed by atoms with Gasteiger partial charge < -0.3 is 0 Å². The maximum absolute atomic E-state index is 12.8. The molecule has 0 spiro atoms. The Morgan fingerprint density at radius 3 is 2.23 bits per heavy atom. The van der Waals surface area contributed by atoms with Gasteiger partial charge in [-0.15, -0.1) is 0 Å². The lowest BCUT2D eigenvalue weighted by atomic mass is 10.1. The van der Waals surface area contributed by atoms with Crippen molar-refractivity contribution in [2.75, 3.05) is 0 Å². The van der Waals surface area contributed by atoms with Crippen LogP contribution in [0.15, 0.2) is 24.3 Å². The van der Waals surface area contributed by atoms with E-state index in [0.29, 0.717) is 0 Å². The molecule has 0 fully saturated rings. The highest BCUT2D eigenvalue weighted by molar-refractivity contribution is 5.29. The number of nitrogens with zero attached hydrogens (tertiary/aromatic N) is 1. The average molecular weight is 181 g/mol. The lowest BCUT2D eigenvalue weighted by Crippen LogP contribution is -2.09. The Kier molecular flexibility index (Phi) is 2.62. The van der Waals surface area contributed by atoms with Gasteiger partial charge in [-0.3, -0.25) is 0 Å². The van der Waals surface area contributed by atoms with Gasteiger partial charge in [0.05, 0.1) is 0 Å². The van der Waals surface area contributed by atoms with Crippen molar-refractivity contribution >= 4 is 0 Å². The molecule has 0 aliphatic heterocycles. The smallest absolute Gasteiger partial charge is 0.191 e. The van der Waals surface area contributed by atoms with Crippen molar-refractivity contribution in [3.8, 4) is 6.07 Å². The molecule has 0 aliphatic carbocycles. The predicted molar refractivity (Wildman–Crippen MR) is 45.3 cm³/mol. The molecular weight excluding hydrogens is 172 g/mol. The topological polar surface area (TPSA) is 23.8 Å². The third-order valence-corrected chi connectivity index (χ3v) is 1.87. The minimum Gasteiger partial charge on any atom is -0.191 e. The molecule has 1 aromatic rings. The third-order valence-electron chi connectivity index (χ3n) is 1.87. The summed E-state index contributed by atoms with van der Waals surface area (Å²) in [5.41, 5.74) is 0.740. The van der Waals surface area contributed by atoms with E-state index in [0.717, 1.165) is 18.1 Å². The SMILES string of the molecule is CCc1ccc(C(F)(F)C#N)cc1. The summed E-state index contributed by atoms with van der Waals surface area (Å²) in [5.74, 6) is -3.37. The summed E-state index contributed by atoms with van der Waals surface area (Å²) < 4.78 is 25.5. The van der Waals surface area contributed by atoms with Gasteiger partial charge >= 0.3 is 5.92 Å². The summed E-state index contributed by atoms with van der Waals surface area (Å²) in [7, 11) is 0. The fourth-order valence-corrected chi connectivity index (χ4v) is 1.01. The van der Waals surface area contributed by atoms with E-state index < -0.39 is 5.92 Å². The van der Waals surface area contributed by atoms with Crippen molar-refractivity contribution in [2.24, 2.45) is 0 Å². The number of rotatable bonds is 2. The summed E-state index contributed by atoms with van der Waals surface area (Å²) in [5, 5.41) is 8.17. The molecular formula is C10H9F2N. The number of alkyl halides is 2. The van der Waals surface area contributed by atoms with Crippen molar-refractivity contribution in [1.82, 2.24) is 0 Å². The van der Waals surface area contributed by atoms with Crippen LogP contribution in [0.4, 0.5) is 8.78 Å². The van der Waals surface area contributed by atoms with Crippen LogP contribution in [0.5, 0.6) is 0 Å². The second-order valence-electron chi connectivity index (χ2n) is 2.74. The zero-order chi connectivity index (χ0) is 9.90. The molecule has 0 aliphatic rings. The van der Waals surface area contributed by atoms with Crippen molar-refractivity contribution in [1.29, 1.82) is 5.26 Å². The Balaban J connectivity index is 3.00. The number of aryl methyl sites for hydroxylation is 1. The zero-order valence-electron chi connectivity index (χ0n) is 7.22. The second kappa shape index (κ2) is 3.53. The minimum absolute atomic E-state index is 0.243. The summed E-state index contributed by atoms with van der Waals surface area (Å²) in [6.45, 7) is 1.94. The molecule has 0 bridgehead atoms. The monoisotopic (exact) mass is 181 g/mol. The maximum Gasteiger partial charge on any atom is 0.357 e. The molecule has 1 nitrogen and oxygen atoms in total. The predicted octanol–water partition coefficient (Wildman–Crippen LogP) is 2.86. The Bertz CT molecular complexity index is 322. The van der Waals surface area contributed by atoms with Crippen LogP contribution in [-0.4, -0.2) is 0 Å². The highest BCUT2D eigenvalue weighted by Crippen LogP contribution is 2.26. The van der Waals surface area contributed by atoms with Crippen molar-refractivity contribution < 1.29 is 8.78 Å². The lowest BCUT2D eigenvalue weighted by Gasteiger charge is -2.07.